The average Bonchev–Trinajstić information content (AvgIpc) is 2.47. The first-order valence-corrected chi connectivity index (χ1v) is 6.22. The molecule has 0 aliphatic carbocycles. The van der Waals surface area contributed by atoms with Gasteiger partial charge in [-0.05, 0) is 12.1 Å². The molecule has 0 amide bonds. The minimum absolute atomic E-state index is 0.0674. The molecule has 21 heavy (non-hydrogen) atoms. The van der Waals surface area contributed by atoms with Gasteiger partial charge in [0, 0.05) is 24.7 Å². The number of ketones is 1. The number of para-hydroxylation sites is 1. The van der Waals surface area contributed by atoms with Crippen LogP contribution in [-0.2, 0) is 0 Å². The summed E-state index contributed by atoms with van der Waals surface area (Å²) in [5, 5.41) is 10.7. The number of carbonyl (C=O) groups is 1. The van der Waals surface area contributed by atoms with Gasteiger partial charge in [-0.15, -0.1) is 0 Å². The zero-order chi connectivity index (χ0) is 15.4. The molecule has 0 saturated heterocycles. The Morgan fingerprint density at radius 3 is 2.62 bits per heavy atom. The summed E-state index contributed by atoms with van der Waals surface area (Å²) in [6, 6.07) is 11.6. The SMILES string of the molecule is CN(CC(=O)c1cccc([N+](=O)[O-])c1)c1ccccc1F. The van der Waals surface area contributed by atoms with Crippen molar-refractivity contribution in [3.63, 3.8) is 0 Å². The summed E-state index contributed by atoms with van der Waals surface area (Å²) in [5.41, 5.74) is 0.387. The average molecular weight is 288 g/mol. The predicted molar refractivity (Wildman–Crippen MR) is 77.1 cm³/mol. The molecule has 0 unspecified atom stereocenters. The van der Waals surface area contributed by atoms with Crippen LogP contribution in [0.4, 0.5) is 15.8 Å². The third-order valence-electron chi connectivity index (χ3n) is 3.02. The molecule has 108 valence electrons. The number of carbonyl (C=O) groups excluding carboxylic acids is 1. The molecule has 0 spiro atoms. The second kappa shape index (κ2) is 6.13. The van der Waals surface area contributed by atoms with Crippen molar-refractivity contribution in [3.8, 4) is 0 Å². The normalized spacial score (nSPS) is 10.2. The predicted octanol–water partition coefficient (Wildman–Crippen LogP) is 3.05. The van der Waals surface area contributed by atoms with E-state index in [9.17, 15) is 19.3 Å². The molecule has 2 aromatic carbocycles. The monoisotopic (exact) mass is 288 g/mol. The fraction of sp³-hybridized carbons (Fsp3) is 0.133. The van der Waals surface area contributed by atoms with E-state index in [1.165, 1.54) is 35.2 Å². The van der Waals surface area contributed by atoms with E-state index in [2.05, 4.69) is 0 Å². The van der Waals surface area contributed by atoms with Crippen molar-refractivity contribution in [1.82, 2.24) is 0 Å². The van der Waals surface area contributed by atoms with Crippen molar-refractivity contribution in [3.05, 3.63) is 70.0 Å². The smallest absolute Gasteiger partial charge is 0.270 e. The topological polar surface area (TPSA) is 63.5 Å². The Morgan fingerprint density at radius 1 is 1.24 bits per heavy atom. The Hall–Kier alpha value is -2.76. The second-order valence-electron chi connectivity index (χ2n) is 4.54. The van der Waals surface area contributed by atoms with Crippen LogP contribution >= 0.6 is 0 Å². The third-order valence-corrected chi connectivity index (χ3v) is 3.02. The summed E-state index contributed by atoms with van der Waals surface area (Å²) in [4.78, 5) is 23.7. The summed E-state index contributed by atoms with van der Waals surface area (Å²) in [5.74, 6) is -0.740. The van der Waals surface area contributed by atoms with Gasteiger partial charge < -0.3 is 4.90 Å². The van der Waals surface area contributed by atoms with E-state index >= 15 is 0 Å². The van der Waals surface area contributed by atoms with Crippen LogP contribution < -0.4 is 4.90 Å². The first-order valence-electron chi connectivity index (χ1n) is 6.22. The summed E-state index contributed by atoms with van der Waals surface area (Å²) >= 11 is 0. The second-order valence-corrected chi connectivity index (χ2v) is 4.54. The highest BCUT2D eigenvalue weighted by atomic mass is 19.1. The molecule has 0 fully saturated rings. The van der Waals surface area contributed by atoms with Crippen LogP contribution in [0, 0.1) is 15.9 Å². The Bertz CT molecular complexity index is 688. The number of non-ortho nitro benzene ring substituents is 1. The summed E-state index contributed by atoms with van der Waals surface area (Å²) in [7, 11) is 1.59. The van der Waals surface area contributed by atoms with E-state index < -0.39 is 10.7 Å². The third kappa shape index (κ3) is 3.42. The number of likely N-dealkylation sites (N-methyl/N-ethyl adjacent to an activating group) is 1. The highest BCUT2D eigenvalue weighted by Crippen LogP contribution is 2.18. The first kappa shape index (κ1) is 14.6. The number of halogens is 1. The Kier molecular flexibility index (Phi) is 4.27. The van der Waals surface area contributed by atoms with Crippen molar-refractivity contribution < 1.29 is 14.1 Å². The number of anilines is 1. The number of hydrogen-bond acceptors (Lipinski definition) is 4. The molecule has 5 nitrogen and oxygen atoms in total. The zero-order valence-electron chi connectivity index (χ0n) is 11.3. The molecule has 0 atom stereocenters. The van der Waals surface area contributed by atoms with Gasteiger partial charge in [-0.3, -0.25) is 14.9 Å². The lowest BCUT2D eigenvalue weighted by molar-refractivity contribution is -0.384. The van der Waals surface area contributed by atoms with Crippen LogP contribution in [0.25, 0.3) is 0 Å². The molecular formula is C15H13FN2O3. The number of rotatable bonds is 5. The van der Waals surface area contributed by atoms with E-state index in [0.717, 1.165) is 0 Å². The molecule has 0 N–H and O–H groups in total. The lowest BCUT2D eigenvalue weighted by atomic mass is 10.1. The van der Waals surface area contributed by atoms with Crippen LogP contribution in [0.5, 0.6) is 0 Å². The number of Topliss-reactive ketones (excluding diaryl/α,β-unsaturated/α-hetero) is 1. The molecule has 0 bridgehead atoms. The highest BCUT2D eigenvalue weighted by molar-refractivity contribution is 5.99. The minimum atomic E-state index is -0.558. The van der Waals surface area contributed by atoms with E-state index in [4.69, 9.17) is 0 Å². The molecule has 2 rings (SSSR count). The van der Waals surface area contributed by atoms with Gasteiger partial charge in [0.05, 0.1) is 17.2 Å². The van der Waals surface area contributed by atoms with Gasteiger partial charge in [0.1, 0.15) is 5.82 Å². The van der Waals surface area contributed by atoms with Gasteiger partial charge in [0.2, 0.25) is 0 Å². The van der Waals surface area contributed by atoms with Gasteiger partial charge in [-0.2, -0.15) is 0 Å². The molecule has 2 aromatic rings. The van der Waals surface area contributed by atoms with Crippen LogP contribution in [0.1, 0.15) is 10.4 Å². The molecular weight excluding hydrogens is 275 g/mol. The molecule has 0 radical (unpaired) electrons. The van der Waals surface area contributed by atoms with E-state index in [1.807, 2.05) is 0 Å². The van der Waals surface area contributed by atoms with E-state index in [-0.39, 0.29) is 23.6 Å². The van der Waals surface area contributed by atoms with Crippen molar-refractivity contribution in [1.29, 1.82) is 0 Å². The van der Waals surface area contributed by atoms with E-state index in [0.29, 0.717) is 5.69 Å². The van der Waals surface area contributed by atoms with Gasteiger partial charge in [0.15, 0.2) is 5.78 Å². The van der Waals surface area contributed by atoms with Gasteiger partial charge in [-0.25, -0.2) is 4.39 Å². The maximum atomic E-state index is 13.6. The Balaban J connectivity index is 2.16. The molecule has 0 aliphatic rings. The van der Waals surface area contributed by atoms with Crippen LogP contribution in [0.3, 0.4) is 0 Å². The maximum Gasteiger partial charge on any atom is 0.270 e. The summed E-state index contributed by atoms with van der Waals surface area (Å²) in [6.45, 7) is -0.0674. The quantitative estimate of drug-likeness (QED) is 0.482. The van der Waals surface area contributed by atoms with Crippen molar-refractivity contribution >= 4 is 17.2 Å². The lowest BCUT2D eigenvalue weighted by Gasteiger charge is -2.18. The fourth-order valence-electron chi connectivity index (χ4n) is 1.95. The van der Waals surface area contributed by atoms with Gasteiger partial charge in [-0.1, -0.05) is 24.3 Å². The summed E-state index contributed by atoms with van der Waals surface area (Å²) < 4.78 is 13.6. The standard InChI is InChI=1S/C15H13FN2O3/c1-17(14-8-3-2-7-13(14)16)10-15(19)11-5-4-6-12(9-11)18(20)21/h2-9H,10H2,1H3. The molecule has 0 heterocycles. The molecule has 0 aliphatic heterocycles. The number of nitro benzene ring substituents is 1. The molecule has 0 saturated carbocycles. The van der Waals surface area contributed by atoms with Crippen LogP contribution in [0.15, 0.2) is 48.5 Å². The minimum Gasteiger partial charge on any atom is -0.365 e. The van der Waals surface area contributed by atoms with Gasteiger partial charge >= 0.3 is 0 Å². The van der Waals surface area contributed by atoms with Crippen molar-refractivity contribution in [2.75, 3.05) is 18.5 Å². The summed E-state index contributed by atoms with van der Waals surface area (Å²) in [6.07, 6.45) is 0. The number of nitrogens with zero attached hydrogens (tertiary/aromatic N) is 2. The largest absolute Gasteiger partial charge is 0.365 e. The first-order chi connectivity index (χ1) is 9.99. The number of hydrogen-bond donors (Lipinski definition) is 0. The maximum absolute atomic E-state index is 13.6. The highest BCUT2D eigenvalue weighted by Gasteiger charge is 2.15. The fourth-order valence-corrected chi connectivity index (χ4v) is 1.95. The van der Waals surface area contributed by atoms with Crippen molar-refractivity contribution in [2.24, 2.45) is 0 Å². The molecule has 0 aromatic heterocycles. The van der Waals surface area contributed by atoms with Gasteiger partial charge in [0.25, 0.3) is 5.69 Å². The van der Waals surface area contributed by atoms with Crippen molar-refractivity contribution in [2.45, 2.75) is 0 Å². The number of benzene rings is 2. The van der Waals surface area contributed by atoms with Crippen LogP contribution in [0.2, 0.25) is 0 Å². The number of nitro groups is 1. The van der Waals surface area contributed by atoms with Crippen LogP contribution in [-0.4, -0.2) is 24.3 Å². The zero-order valence-corrected chi connectivity index (χ0v) is 11.3. The Morgan fingerprint density at radius 2 is 1.95 bits per heavy atom. The lowest BCUT2D eigenvalue weighted by Crippen LogP contribution is -2.26. The molecule has 6 heteroatoms. The Labute approximate surface area is 120 Å². The van der Waals surface area contributed by atoms with E-state index in [1.54, 1.807) is 25.2 Å².